The Morgan fingerprint density at radius 2 is 1.75 bits per heavy atom. The lowest BCUT2D eigenvalue weighted by molar-refractivity contribution is -0.114. The van der Waals surface area contributed by atoms with Crippen LogP contribution < -0.4 is 11.5 Å². The van der Waals surface area contributed by atoms with Gasteiger partial charge in [-0.05, 0) is 35.9 Å². The van der Waals surface area contributed by atoms with Gasteiger partial charge in [-0.2, -0.15) is 0 Å². The van der Waals surface area contributed by atoms with Crippen molar-refractivity contribution in [2.75, 3.05) is 26.0 Å². The number of nitrogens with two attached hydrogens (primary N) is 2. The molecule has 0 bridgehead atoms. The van der Waals surface area contributed by atoms with E-state index in [1.54, 1.807) is 18.2 Å². The molecule has 0 aromatic heterocycles. The molecule has 1 aliphatic rings. The van der Waals surface area contributed by atoms with Crippen LogP contribution in [0.15, 0.2) is 40.5 Å². The highest BCUT2D eigenvalue weighted by molar-refractivity contribution is 6.15. The van der Waals surface area contributed by atoms with Gasteiger partial charge in [0.15, 0.2) is 0 Å². The molecule has 206 valence electrons. The molecule has 6 nitrogen and oxygen atoms in total. The highest BCUT2D eigenvalue weighted by Crippen LogP contribution is 2.26. The lowest BCUT2D eigenvalue weighted by Gasteiger charge is -2.25. The summed E-state index contributed by atoms with van der Waals surface area (Å²) in [5.74, 6) is -0.333. The number of rotatable bonds is 9. The fraction of sp³-hybridized carbons (Fsp3) is 0.607. The molecule has 4 N–H and O–H groups in total. The van der Waals surface area contributed by atoms with E-state index in [2.05, 4.69) is 75.7 Å². The second-order valence-electron chi connectivity index (χ2n) is 10.1. The molecule has 0 fully saturated rings. The summed E-state index contributed by atoms with van der Waals surface area (Å²) in [5, 5.41) is 0. The molecule has 8 heteroatoms. The molecule has 0 atom stereocenters. The standard InChI is InChI=1S/C20H28FN3O.C6H14.CH3Cl.CH3NO/c1-4-5-10-24(12-14(2)3)13-15-11-18(23-19(15)20(22)25)16-8-6-7-9-17(16)21;1-5-6(2,3)4;1-2;2-1-3/h6-9,14H,4-5,10-13H2,1-3H3,(H2,22,25);5H2,1-4H3;1H3;1H,(H2,2,3). The first-order valence-corrected chi connectivity index (χ1v) is 13.2. The Morgan fingerprint density at radius 1 is 1.22 bits per heavy atom. The number of hydrogen-bond donors (Lipinski definition) is 2. The van der Waals surface area contributed by atoms with Crippen LogP contribution in [0.3, 0.4) is 0 Å². The Balaban J connectivity index is 0. The molecule has 1 aliphatic heterocycles. The van der Waals surface area contributed by atoms with Gasteiger partial charge < -0.3 is 11.5 Å². The van der Waals surface area contributed by atoms with Gasteiger partial charge in [0.25, 0.3) is 5.91 Å². The van der Waals surface area contributed by atoms with Crippen molar-refractivity contribution in [1.82, 2.24) is 4.90 Å². The molecule has 1 aromatic rings. The minimum absolute atomic E-state index is 0.250. The third-order valence-corrected chi connectivity index (χ3v) is 5.31. The number of unbranched alkanes of at least 4 members (excludes halogenated alkanes) is 1. The molecule has 0 aliphatic carbocycles. The van der Waals surface area contributed by atoms with Gasteiger partial charge in [0.1, 0.15) is 11.5 Å². The Labute approximate surface area is 223 Å². The molecular formula is C28H48ClFN4O2. The number of primary amides is 2. The molecule has 1 heterocycles. The number of nitrogens with zero attached hydrogens (tertiary/aromatic N) is 2. The molecule has 2 amide bonds. The Morgan fingerprint density at radius 3 is 2.17 bits per heavy atom. The summed E-state index contributed by atoms with van der Waals surface area (Å²) < 4.78 is 14.1. The van der Waals surface area contributed by atoms with Crippen molar-refractivity contribution >= 4 is 29.6 Å². The molecule has 0 unspecified atom stereocenters. The number of benzene rings is 1. The summed E-state index contributed by atoms with van der Waals surface area (Å²) in [5.41, 5.74) is 12.5. The van der Waals surface area contributed by atoms with Crippen LogP contribution in [0.4, 0.5) is 4.39 Å². The Kier molecular flexibility index (Phi) is 19.8. The van der Waals surface area contributed by atoms with E-state index in [0.717, 1.165) is 31.5 Å². The van der Waals surface area contributed by atoms with Crippen LogP contribution in [0.2, 0.25) is 0 Å². The third-order valence-electron chi connectivity index (χ3n) is 5.31. The van der Waals surface area contributed by atoms with Crippen LogP contribution >= 0.6 is 11.6 Å². The van der Waals surface area contributed by atoms with Gasteiger partial charge in [-0.3, -0.25) is 14.5 Å². The average molecular weight is 527 g/mol. The summed E-state index contributed by atoms with van der Waals surface area (Å²) in [7, 11) is 0. The zero-order valence-electron chi connectivity index (χ0n) is 23.5. The van der Waals surface area contributed by atoms with Gasteiger partial charge in [0, 0.05) is 31.5 Å². The normalized spacial score (nSPS) is 12.6. The molecule has 0 radical (unpaired) electrons. The molecule has 36 heavy (non-hydrogen) atoms. The fourth-order valence-electron chi connectivity index (χ4n) is 3.15. The zero-order chi connectivity index (χ0) is 28.3. The van der Waals surface area contributed by atoms with Crippen LogP contribution in [-0.4, -0.2) is 48.9 Å². The van der Waals surface area contributed by atoms with E-state index in [9.17, 15) is 9.18 Å². The van der Waals surface area contributed by atoms with Gasteiger partial charge >= 0.3 is 0 Å². The Hall–Kier alpha value is -2.25. The van der Waals surface area contributed by atoms with Crippen molar-refractivity contribution in [2.24, 2.45) is 27.8 Å². The maximum atomic E-state index is 14.1. The summed E-state index contributed by atoms with van der Waals surface area (Å²) in [6.45, 7) is 18.0. The number of amides is 2. The van der Waals surface area contributed by atoms with Crippen molar-refractivity contribution in [3.63, 3.8) is 0 Å². The SMILES string of the molecule is CCC(C)(C)C.CCCCN(CC1=C(C(N)=O)N=C(c2ccccc2F)C1)CC(C)C.CCl.NC=O. The van der Waals surface area contributed by atoms with Crippen LogP contribution in [0, 0.1) is 17.2 Å². The second-order valence-corrected chi connectivity index (χ2v) is 10.1. The summed E-state index contributed by atoms with van der Waals surface area (Å²) >= 11 is 4.64. The third kappa shape index (κ3) is 15.7. The number of halogens is 2. The fourth-order valence-corrected chi connectivity index (χ4v) is 3.15. The summed E-state index contributed by atoms with van der Waals surface area (Å²) in [6.07, 6.45) is 5.69. The van der Waals surface area contributed by atoms with Gasteiger partial charge in [-0.15, -0.1) is 11.6 Å². The van der Waals surface area contributed by atoms with Crippen molar-refractivity contribution in [2.45, 2.75) is 74.1 Å². The topological polar surface area (TPSA) is 102 Å². The van der Waals surface area contributed by atoms with Crippen molar-refractivity contribution < 1.29 is 14.0 Å². The minimum atomic E-state index is -0.540. The van der Waals surface area contributed by atoms with E-state index in [4.69, 9.17) is 10.5 Å². The van der Waals surface area contributed by atoms with Crippen LogP contribution in [0.1, 0.15) is 79.7 Å². The average Bonchev–Trinajstić information content (AvgIpc) is 3.23. The maximum absolute atomic E-state index is 14.1. The molecule has 1 aromatic carbocycles. The van der Waals surface area contributed by atoms with E-state index < -0.39 is 5.91 Å². The number of hydrogen-bond acceptors (Lipinski definition) is 4. The number of carbonyl (C=O) groups is 2. The molecular weight excluding hydrogens is 479 g/mol. The first-order valence-electron chi connectivity index (χ1n) is 12.5. The molecule has 2 rings (SSSR count). The van der Waals surface area contributed by atoms with Gasteiger partial charge in [0.05, 0.1) is 5.71 Å². The highest BCUT2D eigenvalue weighted by atomic mass is 35.5. The van der Waals surface area contributed by atoms with Crippen LogP contribution in [-0.2, 0) is 9.59 Å². The van der Waals surface area contributed by atoms with E-state index in [1.807, 2.05) is 0 Å². The van der Waals surface area contributed by atoms with Crippen LogP contribution in [0.25, 0.3) is 0 Å². The van der Waals surface area contributed by atoms with Crippen LogP contribution in [0.5, 0.6) is 0 Å². The van der Waals surface area contributed by atoms with E-state index in [1.165, 1.54) is 18.9 Å². The largest absolute Gasteiger partial charge is 0.372 e. The van der Waals surface area contributed by atoms with Gasteiger partial charge in [-0.1, -0.05) is 79.5 Å². The van der Waals surface area contributed by atoms with Crippen molar-refractivity contribution in [1.29, 1.82) is 0 Å². The first kappa shape index (κ1) is 35.9. The number of carbonyl (C=O) groups excluding carboxylic acids is 2. The van der Waals surface area contributed by atoms with Gasteiger partial charge in [-0.25, -0.2) is 9.38 Å². The summed E-state index contributed by atoms with van der Waals surface area (Å²) in [6, 6.07) is 6.52. The lowest BCUT2D eigenvalue weighted by atomic mass is 9.94. The molecule has 0 saturated heterocycles. The smallest absolute Gasteiger partial charge is 0.267 e. The van der Waals surface area contributed by atoms with Crippen molar-refractivity contribution in [3.05, 3.63) is 46.9 Å². The van der Waals surface area contributed by atoms with Crippen molar-refractivity contribution in [3.8, 4) is 0 Å². The lowest BCUT2D eigenvalue weighted by Crippen LogP contribution is -2.31. The van der Waals surface area contributed by atoms with E-state index in [0.29, 0.717) is 41.3 Å². The minimum Gasteiger partial charge on any atom is -0.372 e. The molecule has 0 spiro atoms. The Bertz CT molecular complexity index is 833. The maximum Gasteiger partial charge on any atom is 0.267 e. The number of aliphatic imine (C=N–C) groups is 1. The predicted molar refractivity (Wildman–Crippen MR) is 152 cm³/mol. The zero-order valence-corrected chi connectivity index (χ0v) is 24.3. The van der Waals surface area contributed by atoms with Gasteiger partial charge in [0.2, 0.25) is 6.41 Å². The summed E-state index contributed by atoms with van der Waals surface area (Å²) in [4.78, 5) is 27.1. The second kappa shape index (κ2) is 19.9. The van der Waals surface area contributed by atoms with E-state index >= 15 is 0 Å². The highest BCUT2D eigenvalue weighted by Gasteiger charge is 2.25. The first-order chi connectivity index (χ1) is 16.9. The monoisotopic (exact) mass is 526 g/mol. The number of alkyl halides is 1. The quantitative estimate of drug-likeness (QED) is 0.308. The predicted octanol–water partition coefficient (Wildman–Crippen LogP) is 5.92. The van der Waals surface area contributed by atoms with E-state index in [-0.39, 0.29) is 12.2 Å². The molecule has 0 saturated carbocycles.